The predicted octanol–water partition coefficient (Wildman–Crippen LogP) is 4.20. The van der Waals surface area contributed by atoms with E-state index in [1.807, 2.05) is 69.3 Å². The summed E-state index contributed by atoms with van der Waals surface area (Å²) < 4.78 is 11.0. The molecule has 0 aromatic heterocycles. The lowest BCUT2D eigenvalue weighted by atomic mass is 10.1. The van der Waals surface area contributed by atoms with Gasteiger partial charge in [0.15, 0.2) is 0 Å². The van der Waals surface area contributed by atoms with E-state index in [0.717, 1.165) is 22.6 Å². The monoisotopic (exact) mass is 339 g/mol. The smallest absolute Gasteiger partial charge is 0.244 e. The van der Waals surface area contributed by atoms with Crippen molar-refractivity contribution in [3.05, 3.63) is 65.7 Å². The lowest BCUT2D eigenvalue weighted by Crippen LogP contribution is -2.25. The highest BCUT2D eigenvalue weighted by atomic mass is 16.5. The molecular formula is C21H25NO3. The van der Waals surface area contributed by atoms with E-state index < -0.39 is 0 Å². The summed E-state index contributed by atoms with van der Waals surface area (Å²) in [5.41, 5.74) is 1.60. The van der Waals surface area contributed by atoms with Crippen LogP contribution >= 0.6 is 0 Å². The van der Waals surface area contributed by atoms with Gasteiger partial charge < -0.3 is 14.8 Å². The average Bonchev–Trinajstić information content (AvgIpc) is 2.58. The SMILES string of the molecule is COc1ccc(/C=C/C(=O)NCc2ccccc2OC(C)(C)C)cc1. The molecule has 4 nitrogen and oxygen atoms in total. The summed E-state index contributed by atoms with van der Waals surface area (Å²) in [7, 11) is 1.62. The maximum Gasteiger partial charge on any atom is 0.244 e. The van der Waals surface area contributed by atoms with E-state index in [-0.39, 0.29) is 11.5 Å². The van der Waals surface area contributed by atoms with E-state index in [0.29, 0.717) is 6.54 Å². The van der Waals surface area contributed by atoms with Crippen molar-refractivity contribution >= 4 is 12.0 Å². The standard InChI is InChI=1S/C21H25NO3/c1-21(2,3)25-19-8-6-5-7-17(19)15-22-20(23)14-11-16-9-12-18(24-4)13-10-16/h5-14H,15H2,1-4H3,(H,22,23)/b14-11+. The van der Waals surface area contributed by atoms with Gasteiger partial charge in [0.1, 0.15) is 17.1 Å². The molecule has 1 amide bonds. The van der Waals surface area contributed by atoms with Crippen LogP contribution in [-0.4, -0.2) is 18.6 Å². The van der Waals surface area contributed by atoms with Crippen LogP contribution in [-0.2, 0) is 11.3 Å². The predicted molar refractivity (Wildman–Crippen MR) is 101 cm³/mol. The van der Waals surface area contributed by atoms with Gasteiger partial charge in [-0.25, -0.2) is 0 Å². The summed E-state index contributed by atoms with van der Waals surface area (Å²) in [6.07, 6.45) is 3.29. The fourth-order valence-electron chi connectivity index (χ4n) is 2.21. The minimum atomic E-state index is -0.283. The highest BCUT2D eigenvalue weighted by Gasteiger charge is 2.14. The zero-order valence-corrected chi connectivity index (χ0v) is 15.2. The number of rotatable bonds is 6. The lowest BCUT2D eigenvalue weighted by molar-refractivity contribution is -0.116. The van der Waals surface area contributed by atoms with Crippen molar-refractivity contribution in [2.45, 2.75) is 32.9 Å². The number of para-hydroxylation sites is 1. The first-order valence-corrected chi connectivity index (χ1v) is 8.24. The first-order valence-electron chi connectivity index (χ1n) is 8.24. The molecule has 25 heavy (non-hydrogen) atoms. The van der Waals surface area contributed by atoms with Gasteiger partial charge in [-0.2, -0.15) is 0 Å². The van der Waals surface area contributed by atoms with Crippen LogP contribution in [0.5, 0.6) is 11.5 Å². The van der Waals surface area contributed by atoms with Gasteiger partial charge in [0, 0.05) is 18.2 Å². The molecule has 4 heteroatoms. The minimum absolute atomic E-state index is 0.152. The molecule has 0 fully saturated rings. The second kappa shape index (κ2) is 8.38. The second-order valence-electron chi connectivity index (χ2n) is 6.65. The molecule has 1 N–H and O–H groups in total. The molecule has 0 aliphatic heterocycles. The fourth-order valence-corrected chi connectivity index (χ4v) is 2.21. The summed E-state index contributed by atoms with van der Waals surface area (Å²) in [6, 6.07) is 15.2. The van der Waals surface area contributed by atoms with Crippen molar-refractivity contribution in [3.63, 3.8) is 0 Å². The van der Waals surface area contributed by atoms with Gasteiger partial charge in [0.25, 0.3) is 0 Å². The Morgan fingerprint density at radius 2 is 1.76 bits per heavy atom. The van der Waals surface area contributed by atoms with Crippen molar-refractivity contribution in [1.82, 2.24) is 5.32 Å². The van der Waals surface area contributed by atoms with Crippen LogP contribution in [0.15, 0.2) is 54.6 Å². The molecule has 0 saturated heterocycles. The van der Waals surface area contributed by atoms with Gasteiger partial charge in [-0.15, -0.1) is 0 Å². The number of hydrogen-bond donors (Lipinski definition) is 1. The molecule has 2 aromatic carbocycles. The van der Waals surface area contributed by atoms with Gasteiger partial charge in [0.2, 0.25) is 5.91 Å². The van der Waals surface area contributed by atoms with E-state index in [9.17, 15) is 4.79 Å². The first-order chi connectivity index (χ1) is 11.9. The number of carbonyl (C=O) groups is 1. The Kier molecular flexibility index (Phi) is 6.23. The Bertz CT molecular complexity index is 728. The van der Waals surface area contributed by atoms with Crippen LogP contribution in [0, 0.1) is 0 Å². The second-order valence-corrected chi connectivity index (χ2v) is 6.65. The number of benzene rings is 2. The number of carbonyl (C=O) groups excluding carboxylic acids is 1. The molecule has 0 radical (unpaired) electrons. The molecule has 0 unspecified atom stereocenters. The third kappa shape index (κ3) is 6.34. The summed E-state index contributed by atoms with van der Waals surface area (Å²) >= 11 is 0. The average molecular weight is 339 g/mol. The van der Waals surface area contributed by atoms with Crippen molar-refractivity contribution < 1.29 is 14.3 Å². The minimum Gasteiger partial charge on any atom is -0.497 e. The Balaban J connectivity index is 1.94. The number of ether oxygens (including phenoxy) is 2. The van der Waals surface area contributed by atoms with Gasteiger partial charge in [-0.05, 0) is 50.6 Å². The molecule has 132 valence electrons. The Morgan fingerprint density at radius 3 is 2.40 bits per heavy atom. The third-order valence-corrected chi connectivity index (χ3v) is 3.38. The molecule has 0 heterocycles. The molecular weight excluding hydrogens is 314 g/mol. The third-order valence-electron chi connectivity index (χ3n) is 3.38. The molecule has 0 spiro atoms. The van der Waals surface area contributed by atoms with E-state index in [2.05, 4.69) is 5.32 Å². The van der Waals surface area contributed by atoms with Crippen LogP contribution < -0.4 is 14.8 Å². The van der Waals surface area contributed by atoms with Crippen LogP contribution in [0.4, 0.5) is 0 Å². The summed E-state index contributed by atoms with van der Waals surface area (Å²) in [4.78, 5) is 12.0. The maximum atomic E-state index is 12.0. The molecule has 0 saturated carbocycles. The molecule has 2 aromatic rings. The topological polar surface area (TPSA) is 47.6 Å². The van der Waals surface area contributed by atoms with E-state index in [1.54, 1.807) is 13.2 Å². The first kappa shape index (κ1) is 18.6. The highest BCUT2D eigenvalue weighted by molar-refractivity contribution is 5.91. The van der Waals surface area contributed by atoms with Gasteiger partial charge in [-0.3, -0.25) is 4.79 Å². The van der Waals surface area contributed by atoms with E-state index >= 15 is 0 Å². The number of nitrogens with one attached hydrogen (secondary N) is 1. The zero-order valence-electron chi connectivity index (χ0n) is 15.2. The van der Waals surface area contributed by atoms with Crippen molar-refractivity contribution in [3.8, 4) is 11.5 Å². The number of methoxy groups -OCH3 is 1. The lowest BCUT2D eigenvalue weighted by Gasteiger charge is -2.23. The number of hydrogen-bond acceptors (Lipinski definition) is 3. The maximum absolute atomic E-state index is 12.0. The molecule has 0 atom stereocenters. The highest BCUT2D eigenvalue weighted by Crippen LogP contribution is 2.22. The molecule has 0 bridgehead atoms. The fraction of sp³-hybridized carbons (Fsp3) is 0.286. The van der Waals surface area contributed by atoms with Crippen LogP contribution in [0.2, 0.25) is 0 Å². The van der Waals surface area contributed by atoms with Crippen molar-refractivity contribution in [2.24, 2.45) is 0 Å². The molecule has 0 aliphatic carbocycles. The Morgan fingerprint density at radius 1 is 1.08 bits per heavy atom. The summed E-state index contributed by atoms with van der Waals surface area (Å²) in [5.74, 6) is 1.42. The van der Waals surface area contributed by atoms with Crippen LogP contribution in [0.3, 0.4) is 0 Å². The van der Waals surface area contributed by atoms with Crippen molar-refractivity contribution in [2.75, 3.05) is 7.11 Å². The molecule has 2 rings (SSSR count). The largest absolute Gasteiger partial charge is 0.497 e. The van der Waals surface area contributed by atoms with Gasteiger partial charge in [-0.1, -0.05) is 30.3 Å². The summed E-state index contributed by atoms with van der Waals surface area (Å²) in [6.45, 7) is 6.41. The Hall–Kier alpha value is -2.75. The van der Waals surface area contributed by atoms with E-state index in [1.165, 1.54) is 6.08 Å². The van der Waals surface area contributed by atoms with E-state index in [4.69, 9.17) is 9.47 Å². The van der Waals surface area contributed by atoms with Gasteiger partial charge >= 0.3 is 0 Å². The van der Waals surface area contributed by atoms with Gasteiger partial charge in [0.05, 0.1) is 7.11 Å². The normalized spacial score (nSPS) is 11.4. The quantitative estimate of drug-likeness (QED) is 0.802. The van der Waals surface area contributed by atoms with Crippen molar-refractivity contribution in [1.29, 1.82) is 0 Å². The molecule has 0 aliphatic rings. The van der Waals surface area contributed by atoms with Crippen LogP contribution in [0.1, 0.15) is 31.9 Å². The zero-order chi connectivity index (χ0) is 18.3. The summed E-state index contributed by atoms with van der Waals surface area (Å²) in [5, 5.41) is 2.89. The number of amides is 1. The Labute approximate surface area is 149 Å². The van der Waals surface area contributed by atoms with Crippen LogP contribution in [0.25, 0.3) is 6.08 Å².